The molecule has 222 valence electrons. The van der Waals surface area contributed by atoms with Gasteiger partial charge in [0.15, 0.2) is 0 Å². The van der Waals surface area contributed by atoms with Crippen molar-refractivity contribution in [3.8, 4) is 17.3 Å². The Bertz CT molecular complexity index is 2100. The lowest BCUT2D eigenvalue weighted by atomic mass is 9.73. The van der Waals surface area contributed by atoms with Crippen molar-refractivity contribution in [2.24, 2.45) is 0 Å². The highest BCUT2D eigenvalue weighted by Crippen LogP contribution is 2.53. The summed E-state index contributed by atoms with van der Waals surface area (Å²) in [6.45, 7) is 9.17. The van der Waals surface area contributed by atoms with E-state index >= 15 is 0 Å². The van der Waals surface area contributed by atoms with Gasteiger partial charge in [0.1, 0.15) is 0 Å². The zero-order chi connectivity index (χ0) is 31.6. The number of hydrogen-bond donors (Lipinski definition) is 0. The normalized spacial score (nSPS) is 15.2. The van der Waals surface area contributed by atoms with Gasteiger partial charge in [-0.1, -0.05) is 100 Å². The van der Waals surface area contributed by atoms with Crippen molar-refractivity contribution in [3.05, 3.63) is 161 Å². The van der Waals surface area contributed by atoms with Crippen molar-refractivity contribution >= 4 is 34.1 Å². The second-order valence-electron chi connectivity index (χ2n) is 13.2. The van der Waals surface area contributed by atoms with Gasteiger partial charge in [0, 0.05) is 34.0 Å². The SMILES string of the molecule is CC1(C)c2ccccc2N(c2ccnc(-c3cc(N4c5ccccc5C(C)(C)c5ccccc54)ccc3C#N)c2)c2ccccc21. The molecule has 0 amide bonds. The maximum Gasteiger partial charge on any atom is 0.0998 e. The molecular formula is C42H34N4. The van der Waals surface area contributed by atoms with Crippen LogP contribution in [0.3, 0.4) is 0 Å². The summed E-state index contributed by atoms with van der Waals surface area (Å²) in [6, 6.07) is 47.3. The van der Waals surface area contributed by atoms with Crippen molar-refractivity contribution in [1.29, 1.82) is 5.26 Å². The predicted octanol–water partition coefficient (Wildman–Crippen LogP) is 10.8. The molecule has 4 nitrogen and oxygen atoms in total. The van der Waals surface area contributed by atoms with Crippen LogP contribution in [0.5, 0.6) is 0 Å². The van der Waals surface area contributed by atoms with E-state index in [9.17, 15) is 5.26 Å². The van der Waals surface area contributed by atoms with E-state index < -0.39 is 0 Å². The van der Waals surface area contributed by atoms with E-state index in [4.69, 9.17) is 4.98 Å². The summed E-state index contributed by atoms with van der Waals surface area (Å²) in [5.74, 6) is 0. The number of rotatable bonds is 3. The van der Waals surface area contributed by atoms with E-state index in [1.807, 2.05) is 12.3 Å². The molecule has 2 aliphatic heterocycles. The van der Waals surface area contributed by atoms with Gasteiger partial charge in [0.25, 0.3) is 0 Å². The van der Waals surface area contributed by atoms with E-state index in [-0.39, 0.29) is 10.8 Å². The summed E-state index contributed by atoms with van der Waals surface area (Å²) in [5, 5.41) is 10.3. The largest absolute Gasteiger partial charge is 0.310 e. The first kappa shape index (κ1) is 27.9. The second-order valence-corrected chi connectivity index (χ2v) is 13.2. The van der Waals surface area contributed by atoms with Crippen LogP contribution in [0.1, 0.15) is 55.5 Å². The van der Waals surface area contributed by atoms with Crippen LogP contribution < -0.4 is 9.80 Å². The Hall–Kier alpha value is -5.66. The third-order valence-electron chi connectivity index (χ3n) is 9.93. The smallest absolute Gasteiger partial charge is 0.0998 e. The number of anilines is 6. The summed E-state index contributed by atoms with van der Waals surface area (Å²) in [4.78, 5) is 9.51. The standard InChI is InChI=1S/C42H34N4/c1-41(2)32-13-5-9-17-37(32)45(38-18-10-6-14-33(38)41)29-22-21-28(27-43)31(25-29)36-26-30(23-24-44-36)46-39-19-11-7-15-34(39)42(3,4)35-16-8-12-20-40(35)46/h5-26H,1-4H3. The lowest BCUT2D eigenvalue weighted by molar-refractivity contribution is 0.631. The van der Waals surface area contributed by atoms with E-state index in [1.165, 1.54) is 22.3 Å². The molecule has 2 aliphatic rings. The Morgan fingerprint density at radius 3 is 1.37 bits per heavy atom. The molecule has 0 fully saturated rings. The van der Waals surface area contributed by atoms with Gasteiger partial charge in [-0.05, 0) is 76.9 Å². The van der Waals surface area contributed by atoms with Crippen LogP contribution in [-0.4, -0.2) is 4.98 Å². The number of para-hydroxylation sites is 4. The van der Waals surface area contributed by atoms with Gasteiger partial charge < -0.3 is 9.80 Å². The first-order valence-electron chi connectivity index (χ1n) is 15.8. The van der Waals surface area contributed by atoms with Crippen molar-refractivity contribution in [3.63, 3.8) is 0 Å². The van der Waals surface area contributed by atoms with E-state index in [1.54, 1.807) is 0 Å². The highest BCUT2D eigenvalue weighted by Gasteiger charge is 2.38. The molecule has 0 spiro atoms. The van der Waals surface area contributed by atoms with Crippen LogP contribution in [0.2, 0.25) is 0 Å². The lowest BCUT2D eigenvalue weighted by Crippen LogP contribution is -2.30. The van der Waals surface area contributed by atoms with Gasteiger partial charge >= 0.3 is 0 Å². The molecule has 0 bridgehead atoms. The summed E-state index contributed by atoms with van der Waals surface area (Å²) < 4.78 is 0. The molecule has 0 atom stereocenters. The Balaban J connectivity index is 1.30. The zero-order valence-electron chi connectivity index (χ0n) is 26.5. The Morgan fingerprint density at radius 1 is 0.522 bits per heavy atom. The summed E-state index contributed by atoms with van der Waals surface area (Å²) in [7, 11) is 0. The van der Waals surface area contributed by atoms with E-state index in [2.05, 4.69) is 165 Å². The molecule has 3 heterocycles. The van der Waals surface area contributed by atoms with Gasteiger partial charge in [-0.15, -0.1) is 0 Å². The van der Waals surface area contributed by atoms with E-state index in [0.717, 1.165) is 45.4 Å². The molecule has 4 heteroatoms. The van der Waals surface area contributed by atoms with Gasteiger partial charge in [-0.2, -0.15) is 5.26 Å². The minimum Gasteiger partial charge on any atom is -0.310 e. The number of aromatic nitrogens is 1. The van der Waals surface area contributed by atoms with Crippen molar-refractivity contribution < 1.29 is 0 Å². The van der Waals surface area contributed by atoms with Crippen LogP contribution in [0, 0.1) is 11.3 Å². The van der Waals surface area contributed by atoms with Crippen LogP contribution >= 0.6 is 0 Å². The maximum atomic E-state index is 10.3. The monoisotopic (exact) mass is 594 g/mol. The Labute approximate surface area is 270 Å². The van der Waals surface area contributed by atoms with Crippen LogP contribution in [-0.2, 0) is 10.8 Å². The van der Waals surface area contributed by atoms with Crippen molar-refractivity contribution in [1.82, 2.24) is 4.98 Å². The average molecular weight is 595 g/mol. The first-order valence-corrected chi connectivity index (χ1v) is 15.8. The summed E-state index contributed by atoms with van der Waals surface area (Å²) in [6.07, 6.45) is 1.86. The minimum atomic E-state index is -0.148. The first-order chi connectivity index (χ1) is 22.3. The number of nitrogens with zero attached hydrogens (tertiary/aromatic N) is 4. The maximum absolute atomic E-state index is 10.3. The fourth-order valence-electron chi connectivity index (χ4n) is 7.58. The Kier molecular flexibility index (Phi) is 6.17. The fraction of sp³-hybridized carbons (Fsp3) is 0.143. The molecule has 0 unspecified atom stereocenters. The molecule has 6 aromatic rings. The quantitative estimate of drug-likeness (QED) is 0.204. The highest BCUT2D eigenvalue weighted by atomic mass is 15.2. The number of pyridine rings is 1. The minimum absolute atomic E-state index is 0.141. The zero-order valence-corrected chi connectivity index (χ0v) is 26.5. The molecule has 0 saturated heterocycles. The topological polar surface area (TPSA) is 43.2 Å². The van der Waals surface area contributed by atoms with Gasteiger partial charge in [0.2, 0.25) is 0 Å². The third kappa shape index (κ3) is 4.02. The molecular weight excluding hydrogens is 560 g/mol. The van der Waals surface area contributed by atoms with Gasteiger partial charge in [0.05, 0.1) is 40.1 Å². The second kappa shape index (κ2) is 10.2. The number of hydrogen-bond acceptors (Lipinski definition) is 4. The fourth-order valence-corrected chi connectivity index (χ4v) is 7.58. The van der Waals surface area contributed by atoms with Gasteiger partial charge in [-0.3, -0.25) is 4.98 Å². The molecule has 46 heavy (non-hydrogen) atoms. The molecule has 0 N–H and O–H groups in total. The number of nitriles is 1. The molecule has 0 aliphatic carbocycles. The highest BCUT2D eigenvalue weighted by molar-refractivity contribution is 5.90. The number of fused-ring (bicyclic) bond motifs is 4. The molecule has 0 saturated carbocycles. The Morgan fingerprint density at radius 2 is 0.935 bits per heavy atom. The molecule has 5 aromatic carbocycles. The summed E-state index contributed by atoms with van der Waals surface area (Å²) in [5.41, 5.74) is 13.6. The third-order valence-corrected chi connectivity index (χ3v) is 9.93. The van der Waals surface area contributed by atoms with Gasteiger partial charge in [-0.25, -0.2) is 0 Å². The van der Waals surface area contributed by atoms with E-state index in [0.29, 0.717) is 5.56 Å². The average Bonchev–Trinajstić information content (AvgIpc) is 3.09. The molecule has 8 rings (SSSR count). The van der Waals surface area contributed by atoms with Crippen molar-refractivity contribution in [2.45, 2.75) is 38.5 Å². The lowest BCUT2D eigenvalue weighted by Gasteiger charge is -2.42. The van der Waals surface area contributed by atoms with Crippen LogP contribution in [0.15, 0.2) is 134 Å². The van der Waals surface area contributed by atoms with Crippen LogP contribution in [0.4, 0.5) is 34.1 Å². The molecule has 1 aromatic heterocycles. The number of benzene rings is 5. The predicted molar refractivity (Wildman–Crippen MR) is 188 cm³/mol. The van der Waals surface area contributed by atoms with Crippen LogP contribution in [0.25, 0.3) is 11.3 Å². The molecule has 0 radical (unpaired) electrons. The summed E-state index contributed by atoms with van der Waals surface area (Å²) >= 11 is 0. The van der Waals surface area contributed by atoms with Crippen molar-refractivity contribution in [2.75, 3.05) is 9.80 Å².